The van der Waals surface area contributed by atoms with E-state index < -0.39 is 5.82 Å². The van der Waals surface area contributed by atoms with Gasteiger partial charge in [-0.05, 0) is 31.5 Å². The highest BCUT2D eigenvalue weighted by atomic mass is 19.1. The second-order valence-corrected chi connectivity index (χ2v) is 6.03. The van der Waals surface area contributed by atoms with Crippen LogP contribution in [0, 0.1) is 5.82 Å². The number of hydrogen-bond donors (Lipinski definition) is 1. The third kappa shape index (κ3) is 4.30. The van der Waals surface area contributed by atoms with E-state index >= 15 is 0 Å². The zero-order valence-electron chi connectivity index (χ0n) is 14.1. The minimum atomic E-state index is -0.441. The summed E-state index contributed by atoms with van der Waals surface area (Å²) in [5, 5.41) is 2.64. The van der Waals surface area contributed by atoms with Crippen LogP contribution in [0.1, 0.15) is 24.5 Å². The minimum Gasteiger partial charge on any atom is -0.434 e. The van der Waals surface area contributed by atoms with Crippen molar-refractivity contribution in [3.8, 4) is 11.6 Å². The van der Waals surface area contributed by atoms with Crippen molar-refractivity contribution >= 4 is 5.91 Å². The molecule has 2 heterocycles. The molecule has 1 atom stereocenters. The number of para-hydroxylation sites is 1. The molecule has 0 radical (unpaired) electrons. The summed E-state index contributed by atoms with van der Waals surface area (Å²) < 4.78 is 19.6. The van der Waals surface area contributed by atoms with E-state index in [0.29, 0.717) is 24.7 Å². The Bertz CT molecular complexity index is 741. The highest BCUT2D eigenvalue weighted by Gasteiger charge is 2.27. The summed E-state index contributed by atoms with van der Waals surface area (Å²) in [6, 6.07) is 6.22. The number of aromatic nitrogens is 2. The smallest absolute Gasteiger partial charge is 0.241 e. The van der Waals surface area contributed by atoms with Gasteiger partial charge in [-0.25, -0.2) is 9.37 Å². The van der Waals surface area contributed by atoms with E-state index in [-0.39, 0.29) is 17.6 Å². The summed E-state index contributed by atoms with van der Waals surface area (Å²) in [4.78, 5) is 22.4. The molecule has 7 heteroatoms. The maximum atomic E-state index is 13.9. The third-order valence-corrected chi connectivity index (χ3v) is 4.27. The van der Waals surface area contributed by atoms with Crippen LogP contribution in [0.2, 0.25) is 0 Å². The maximum absolute atomic E-state index is 13.9. The first-order valence-corrected chi connectivity index (χ1v) is 8.33. The van der Waals surface area contributed by atoms with Gasteiger partial charge >= 0.3 is 0 Å². The molecule has 1 aromatic heterocycles. The van der Waals surface area contributed by atoms with Crippen molar-refractivity contribution in [2.45, 2.75) is 18.8 Å². The number of carbonyl (C=O) groups excluding carboxylic acids is 1. The number of nitrogens with one attached hydrogen (secondary N) is 1. The summed E-state index contributed by atoms with van der Waals surface area (Å²) >= 11 is 0. The average Bonchev–Trinajstić information content (AvgIpc) is 2.64. The molecule has 2 aromatic rings. The summed E-state index contributed by atoms with van der Waals surface area (Å²) in [6.45, 7) is 1.92. The Kier molecular flexibility index (Phi) is 5.55. The molecule has 1 aromatic carbocycles. The topological polar surface area (TPSA) is 67.4 Å². The lowest BCUT2D eigenvalue weighted by Crippen LogP contribution is -2.41. The number of hydrogen-bond acceptors (Lipinski definition) is 5. The van der Waals surface area contributed by atoms with Crippen LogP contribution >= 0.6 is 0 Å². The number of likely N-dealkylation sites (N-methyl/N-ethyl adjacent to an activating group) is 1. The molecular weight excluding hydrogens is 323 g/mol. The van der Waals surface area contributed by atoms with Crippen LogP contribution in [0.4, 0.5) is 4.39 Å². The average molecular weight is 344 g/mol. The summed E-state index contributed by atoms with van der Waals surface area (Å²) in [5.74, 6) is 0.0853. The Hall–Kier alpha value is -2.54. The second kappa shape index (κ2) is 8.02. The normalized spacial score (nSPS) is 17.9. The van der Waals surface area contributed by atoms with Crippen molar-refractivity contribution in [3.63, 3.8) is 0 Å². The van der Waals surface area contributed by atoms with Gasteiger partial charge in [0, 0.05) is 31.9 Å². The van der Waals surface area contributed by atoms with Gasteiger partial charge in [0.15, 0.2) is 11.6 Å². The second-order valence-electron chi connectivity index (χ2n) is 6.03. The van der Waals surface area contributed by atoms with Gasteiger partial charge in [-0.2, -0.15) is 0 Å². The van der Waals surface area contributed by atoms with Gasteiger partial charge in [-0.15, -0.1) is 0 Å². The molecule has 1 amide bonds. The summed E-state index contributed by atoms with van der Waals surface area (Å²) in [7, 11) is 1.63. The van der Waals surface area contributed by atoms with E-state index in [1.807, 2.05) is 0 Å². The number of piperidine rings is 1. The predicted octanol–water partition coefficient (Wildman–Crippen LogP) is 2.33. The van der Waals surface area contributed by atoms with Crippen LogP contribution < -0.4 is 10.1 Å². The predicted molar refractivity (Wildman–Crippen MR) is 91.0 cm³/mol. The van der Waals surface area contributed by atoms with Gasteiger partial charge in [0.2, 0.25) is 11.8 Å². The van der Waals surface area contributed by atoms with Crippen LogP contribution in [0.5, 0.6) is 11.6 Å². The summed E-state index contributed by atoms with van der Waals surface area (Å²) in [6.07, 6.45) is 5.03. The highest BCUT2D eigenvalue weighted by molar-refractivity contribution is 5.77. The van der Waals surface area contributed by atoms with Crippen molar-refractivity contribution in [2.24, 2.45) is 0 Å². The SMILES string of the molecule is CNC(=O)CN1CCCC(c2nccnc2Oc2ccccc2F)C1. The lowest BCUT2D eigenvalue weighted by atomic mass is 9.94. The lowest BCUT2D eigenvalue weighted by Gasteiger charge is -2.32. The van der Waals surface area contributed by atoms with Crippen LogP contribution in [0.3, 0.4) is 0 Å². The van der Waals surface area contributed by atoms with Crippen LogP contribution in [0.25, 0.3) is 0 Å². The monoisotopic (exact) mass is 344 g/mol. The Balaban J connectivity index is 1.78. The van der Waals surface area contributed by atoms with E-state index in [1.54, 1.807) is 31.4 Å². The van der Waals surface area contributed by atoms with Gasteiger partial charge in [0.25, 0.3) is 0 Å². The Morgan fingerprint density at radius 2 is 2.16 bits per heavy atom. The fourth-order valence-electron chi connectivity index (χ4n) is 3.03. The number of amides is 1. The molecule has 0 bridgehead atoms. The first-order chi connectivity index (χ1) is 12.2. The number of nitrogens with zero attached hydrogens (tertiary/aromatic N) is 3. The number of halogens is 1. The van der Waals surface area contributed by atoms with Crippen LogP contribution in [-0.4, -0.2) is 47.5 Å². The number of benzene rings is 1. The first-order valence-electron chi connectivity index (χ1n) is 8.33. The number of rotatable bonds is 5. The molecule has 1 fully saturated rings. The quantitative estimate of drug-likeness (QED) is 0.902. The standard InChI is InChI=1S/C18H21FN4O2/c1-20-16(24)12-23-10-4-5-13(11-23)17-18(22-9-8-21-17)25-15-7-3-2-6-14(15)19/h2-3,6-9,13H,4-5,10-12H2,1H3,(H,20,24). The molecule has 0 saturated carbocycles. The zero-order chi connectivity index (χ0) is 17.6. The molecular formula is C18H21FN4O2. The molecule has 0 spiro atoms. The molecule has 3 rings (SSSR count). The van der Waals surface area contributed by atoms with E-state index in [9.17, 15) is 9.18 Å². The molecule has 0 aliphatic carbocycles. The molecule has 1 N–H and O–H groups in total. The van der Waals surface area contributed by atoms with Gasteiger partial charge in [0.05, 0.1) is 6.54 Å². The van der Waals surface area contributed by atoms with Crippen molar-refractivity contribution in [1.82, 2.24) is 20.2 Å². The molecule has 1 aliphatic heterocycles. The lowest BCUT2D eigenvalue weighted by molar-refractivity contribution is -0.122. The molecule has 6 nitrogen and oxygen atoms in total. The molecule has 1 saturated heterocycles. The van der Waals surface area contributed by atoms with Gasteiger partial charge in [-0.1, -0.05) is 12.1 Å². The van der Waals surface area contributed by atoms with E-state index in [2.05, 4.69) is 20.2 Å². The van der Waals surface area contributed by atoms with Crippen molar-refractivity contribution < 1.29 is 13.9 Å². The molecule has 1 unspecified atom stereocenters. The van der Waals surface area contributed by atoms with E-state index in [4.69, 9.17) is 4.74 Å². The fourth-order valence-corrected chi connectivity index (χ4v) is 3.03. The van der Waals surface area contributed by atoms with Crippen LogP contribution in [-0.2, 0) is 4.79 Å². The first kappa shape index (κ1) is 17.3. The minimum absolute atomic E-state index is 0.0115. The van der Waals surface area contributed by atoms with Crippen molar-refractivity contribution in [1.29, 1.82) is 0 Å². The van der Waals surface area contributed by atoms with E-state index in [0.717, 1.165) is 19.4 Å². The Morgan fingerprint density at radius 3 is 2.96 bits per heavy atom. The molecule has 25 heavy (non-hydrogen) atoms. The maximum Gasteiger partial charge on any atom is 0.241 e. The number of carbonyl (C=O) groups is 1. The van der Waals surface area contributed by atoms with E-state index in [1.165, 1.54) is 12.3 Å². The highest BCUT2D eigenvalue weighted by Crippen LogP contribution is 2.33. The van der Waals surface area contributed by atoms with Crippen molar-refractivity contribution in [2.75, 3.05) is 26.7 Å². The molecule has 132 valence electrons. The Morgan fingerprint density at radius 1 is 1.36 bits per heavy atom. The van der Waals surface area contributed by atoms with Gasteiger partial charge in [0.1, 0.15) is 5.69 Å². The number of likely N-dealkylation sites (tertiary alicyclic amines) is 1. The molecule has 1 aliphatic rings. The van der Waals surface area contributed by atoms with Crippen molar-refractivity contribution in [3.05, 3.63) is 48.2 Å². The number of ether oxygens (including phenoxy) is 1. The zero-order valence-corrected chi connectivity index (χ0v) is 14.1. The summed E-state index contributed by atoms with van der Waals surface area (Å²) in [5.41, 5.74) is 0.701. The fraction of sp³-hybridized carbons (Fsp3) is 0.389. The van der Waals surface area contributed by atoms with Gasteiger partial charge < -0.3 is 10.1 Å². The van der Waals surface area contributed by atoms with Crippen LogP contribution in [0.15, 0.2) is 36.7 Å². The van der Waals surface area contributed by atoms with Gasteiger partial charge in [-0.3, -0.25) is 14.7 Å². The largest absolute Gasteiger partial charge is 0.434 e. The Labute approximate surface area is 146 Å². The third-order valence-electron chi connectivity index (χ3n) is 4.27.